The SMILES string of the molecule is O=C(O)C(F)(F)F.[2H]C([2H])([2H])c1ccc(S(=O)(=O)NC23CCC(C#N)(C2)C3)cc1-c1cnc(N)c(-c2cnco2)n1. The lowest BCUT2D eigenvalue weighted by Crippen LogP contribution is -2.55. The van der Waals surface area contributed by atoms with E-state index >= 15 is 0 Å². The molecule has 3 aliphatic carbocycles. The number of carboxylic acids is 1. The number of nitrogens with zero attached hydrogens (tertiary/aromatic N) is 4. The average molecular weight is 554 g/mol. The van der Waals surface area contributed by atoms with Crippen LogP contribution in [0.25, 0.3) is 22.7 Å². The number of aryl methyl sites for hydroxylation is 1. The number of benzene rings is 1. The highest BCUT2D eigenvalue weighted by Gasteiger charge is 2.62. The number of anilines is 1. The van der Waals surface area contributed by atoms with Gasteiger partial charge in [-0.05, 0) is 50.2 Å². The van der Waals surface area contributed by atoms with Crippen molar-refractivity contribution in [1.82, 2.24) is 19.7 Å². The molecule has 200 valence electrons. The Morgan fingerprint density at radius 3 is 2.58 bits per heavy atom. The molecule has 0 unspecified atom stereocenters. The molecule has 0 spiro atoms. The summed E-state index contributed by atoms with van der Waals surface area (Å²) in [6.45, 7) is -2.54. The first-order valence-corrected chi connectivity index (χ1v) is 12.3. The fraction of sp³-hybridized carbons (Fsp3) is 0.348. The molecular formula is C23H21F3N6O5S. The van der Waals surface area contributed by atoms with E-state index in [0.29, 0.717) is 25.7 Å². The van der Waals surface area contributed by atoms with Gasteiger partial charge in [-0.25, -0.2) is 32.9 Å². The topological polar surface area (TPSA) is 185 Å². The quantitative estimate of drug-likeness (QED) is 0.423. The molecule has 2 aromatic heterocycles. The minimum atomic E-state index is -5.08. The van der Waals surface area contributed by atoms with Gasteiger partial charge in [0.15, 0.2) is 23.7 Å². The van der Waals surface area contributed by atoms with E-state index < -0.39 is 40.0 Å². The van der Waals surface area contributed by atoms with Gasteiger partial charge in [0, 0.05) is 15.2 Å². The number of hydrogen-bond donors (Lipinski definition) is 3. The van der Waals surface area contributed by atoms with E-state index in [4.69, 9.17) is 24.2 Å². The van der Waals surface area contributed by atoms with Gasteiger partial charge in [0.05, 0.1) is 34.5 Å². The Morgan fingerprint density at radius 2 is 2.03 bits per heavy atom. The van der Waals surface area contributed by atoms with Crippen LogP contribution in [0.2, 0.25) is 0 Å². The van der Waals surface area contributed by atoms with E-state index in [0.717, 1.165) is 0 Å². The van der Waals surface area contributed by atoms with Gasteiger partial charge < -0.3 is 15.3 Å². The summed E-state index contributed by atoms with van der Waals surface area (Å²) < 4.78 is 90.0. The van der Waals surface area contributed by atoms with Crippen LogP contribution in [0.4, 0.5) is 19.0 Å². The van der Waals surface area contributed by atoms with Crippen LogP contribution >= 0.6 is 0 Å². The molecule has 1 aromatic carbocycles. The van der Waals surface area contributed by atoms with Gasteiger partial charge in [-0.15, -0.1) is 0 Å². The first-order valence-electron chi connectivity index (χ1n) is 12.3. The van der Waals surface area contributed by atoms with Crippen LogP contribution in [0, 0.1) is 23.6 Å². The van der Waals surface area contributed by atoms with Crippen LogP contribution < -0.4 is 10.5 Å². The highest BCUT2D eigenvalue weighted by Crippen LogP contribution is 2.61. The summed E-state index contributed by atoms with van der Waals surface area (Å²) in [5.41, 5.74) is 5.10. The number of nitrogens with two attached hydrogens (primary N) is 1. The maximum absolute atomic E-state index is 13.2. The van der Waals surface area contributed by atoms with Crippen molar-refractivity contribution in [3.8, 4) is 28.8 Å². The minimum absolute atomic E-state index is 0.0488. The zero-order valence-electron chi connectivity index (χ0n) is 22.3. The van der Waals surface area contributed by atoms with Gasteiger partial charge in [0.25, 0.3) is 0 Å². The number of fused-ring (bicyclic) bond motifs is 1. The third-order valence-corrected chi connectivity index (χ3v) is 7.89. The van der Waals surface area contributed by atoms with E-state index in [2.05, 4.69) is 25.7 Å². The smallest absolute Gasteiger partial charge is 0.475 e. The number of rotatable bonds is 5. The standard InChI is InChI=1S/C21H20N6O3S.C2HF3O2/c1-13-2-3-14(31(28,29)27-21-5-4-20(9-21,10-21)11-22)6-15(13)16-7-25-19(23)18(26-16)17-8-24-12-30-17;3-2(4,5)1(6)7/h2-3,6-8,12,27H,4-5,9-10H2,1H3,(H2,23,25);(H,6,7)/i1D3;. The van der Waals surface area contributed by atoms with Crippen molar-refractivity contribution in [3.63, 3.8) is 0 Å². The number of alkyl halides is 3. The first-order chi connectivity index (χ1) is 18.9. The van der Waals surface area contributed by atoms with Gasteiger partial charge >= 0.3 is 12.1 Å². The summed E-state index contributed by atoms with van der Waals surface area (Å²) in [4.78, 5) is 21.1. The minimum Gasteiger partial charge on any atom is -0.475 e. The number of oxazole rings is 1. The Morgan fingerprint density at radius 1 is 1.32 bits per heavy atom. The lowest BCUT2D eigenvalue weighted by atomic mass is 9.66. The molecule has 38 heavy (non-hydrogen) atoms. The molecule has 2 bridgehead atoms. The Hall–Kier alpha value is -4.03. The summed E-state index contributed by atoms with van der Waals surface area (Å²) in [6, 6.07) is 6.09. The molecule has 0 atom stereocenters. The van der Waals surface area contributed by atoms with Crippen LogP contribution in [0.15, 0.2) is 46.3 Å². The Bertz CT molecular complexity index is 1630. The van der Waals surface area contributed by atoms with Gasteiger partial charge in [-0.2, -0.15) is 18.4 Å². The highest BCUT2D eigenvalue weighted by atomic mass is 32.2. The monoisotopic (exact) mass is 553 g/mol. The van der Waals surface area contributed by atoms with E-state index in [9.17, 15) is 26.9 Å². The fourth-order valence-corrected chi connectivity index (χ4v) is 6.08. The number of nitrogens with one attached hydrogen (secondary N) is 1. The second-order valence-corrected chi connectivity index (χ2v) is 10.7. The molecule has 11 nitrogen and oxygen atoms in total. The highest BCUT2D eigenvalue weighted by molar-refractivity contribution is 7.89. The molecule has 0 saturated heterocycles. The van der Waals surface area contributed by atoms with Crippen molar-refractivity contribution in [2.45, 2.75) is 49.1 Å². The van der Waals surface area contributed by atoms with Crippen molar-refractivity contribution in [2.24, 2.45) is 5.41 Å². The molecule has 3 saturated carbocycles. The second kappa shape index (κ2) is 9.37. The van der Waals surface area contributed by atoms with Gasteiger partial charge in [-0.3, -0.25) is 0 Å². The summed E-state index contributed by atoms with van der Waals surface area (Å²) in [5, 5.41) is 16.5. The first kappa shape index (κ1) is 23.1. The molecule has 15 heteroatoms. The summed E-state index contributed by atoms with van der Waals surface area (Å²) in [5.74, 6) is -2.47. The summed E-state index contributed by atoms with van der Waals surface area (Å²) in [6.07, 6.45) is 0.969. The number of carbonyl (C=O) groups is 1. The zero-order chi connectivity index (χ0) is 30.4. The number of nitriles is 1. The zero-order valence-corrected chi connectivity index (χ0v) is 20.1. The molecule has 3 aliphatic rings. The van der Waals surface area contributed by atoms with Crippen LogP contribution in [-0.2, 0) is 14.8 Å². The van der Waals surface area contributed by atoms with E-state index in [1.54, 1.807) is 0 Å². The predicted octanol–water partition coefficient (Wildman–Crippen LogP) is 3.44. The maximum atomic E-state index is 13.2. The van der Waals surface area contributed by atoms with Crippen molar-refractivity contribution < 1.29 is 40.0 Å². The van der Waals surface area contributed by atoms with Crippen molar-refractivity contribution in [1.29, 1.82) is 5.26 Å². The number of sulfonamides is 1. The van der Waals surface area contributed by atoms with Crippen LogP contribution in [0.3, 0.4) is 0 Å². The lowest BCUT2D eigenvalue weighted by Gasteiger charge is -2.43. The van der Waals surface area contributed by atoms with Gasteiger partial charge in [0.2, 0.25) is 10.0 Å². The third-order valence-electron chi connectivity index (χ3n) is 6.31. The molecule has 4 N–H and O–H groups in total. The number of aliphatic carboxylic acids is 1. The number of nitrogen functional groups attached to an aromatic ring is 1. The van der Waals surface area contributed by atoms with Crippen LogP contribution in [-0.4, -0.2) is 46.2 Å². The Kier molecular flexibility index (Phi) is 5.70. The maximum Gasteiger partial charge on any atom is 0.490 e. The molecule has 6 rings (SSSR count). The number of carboxylic acid groups (broad SMARTS) is 1. The Labute approximate surface area is 218 Å². The Balaban J connectivity index is 0.000000493. The summed E-state index contributed by atoms with van der Waals surface area (Å²) in [7, 11) is -4.00. The lowest BCUT2D eigenvalue weighted by molar-refractivity contribution is -0.192. The van der Waals surface area contributed by atoms with E-state index in [1.807, 2.05) is 0 Å². The number of aromatic nitrogens is 3. The number of hydrogen-bond acceptors (Lipinski definition) is 9. The molecular weight excluding hydrogens is 529 g/mol. The molecule has 2 heterocycles. The average Bonchev–Trinajstić information content (AvgIpc) is 3.59. The molecule has 3 aromatic rings. The second-order valence-electron chi connectivity index (χ2n) is 9.00. The fourth-order valence-electron chi connectivity index (χ4n) is 4.62. The molecule has 0 radical (unpaired) electrons. The summed E-state index contributed by atoms with van der Waals surface area (Å²) >= 11 is 0. The van der Waals surface area contributed by atoms with E-state index in [1.165, 1.54) is 37.0 Å². The molecule has 0 aliphatic heterocycles. The largest absolute Gasteiger partial charge is 0.490 e. The van der Waals surface area contributed by atoms with Crippen LogP contribution in [0.5, 0.6) is 0 Å². The predicted molar refractivity (Wildman–Crippen MR) is 125 cm³/mol. The van der Waals surface area contributed by atoms with E-state index in [-0.39, 0.29) is 39.0 Å². The van der Waals surface area contributed by atoms with Crippen molar-refractivity contribution >= 4 is 21.8 Å². The molecule has 3 fully saturated rings. The van der Waals surface area contributed by atoms with Gasteiger partial charge in [0.1, 0.15) is 0 Å². The normalized spacial score (nSPS) is 23.6. The van der Waals surface area contributed by atoms with Crippen molar-refractivity contribution in [2.75, 3.05) is 5.73 Å². The van der Waals surface area contributed by atoms with Crippen molar-refractivity contribution in [3.05, 3.63) is 42.5 Å². The van der Waals surface area contributed by atoms with Gasteiger partial charge in [-0.1, -0.05) is 6.07 Å². The van der Waals surface area contributed by atoms with Crippen LogP contribution in [0.1, 0.15) is 35.4 Å². The molecule has 0 amide bonds. The third kappa shape index (κ3) is 5.18. The number of halogens is 3.